The lowest BCUT2D eigenvalue weighted by molar-refractivity contribution is -0.130. The van der Waals surface area contributed by atoms with Gasteiger partial charge in [-0.15, -0.1) is 0 Å². The molecule has 2 aliphatic heterocycles. The number of benzene rings is 1. The molecule has 2 heterocycles. The van der Waals surface area contributed by atoms with Gasteiger partial charge in [0.2, 0.25) is 0 Å². The van der Waals surface area contributed by atoms with Crippen molar-refractivity contribution in [2.75, 3.05) is 13.2 Å². The first-order valence-electron chi connectivity index (χ1n) is 7.52. The minimum absolute atomic E-state index is 0.00508. The molecule has 0 saturated heterocycles. The lowest BCUT2D eigenvalue weighted by Crippen LogP contribution is -2.30. The fourth-order valence-corrected chi connectivity index (χ4v) is 2.34. The maximum absolute atomic E-state index is 12.3. The lowest BCUT2D eigenvalue weighted by atomic mass is 10.2. The average molecular weight is 324 g/mol. The van der Waals surface area contributed by atoms with Crippen molar-refractivity contribution in [2.45, 2.75) is 20.0 Å². The first-order chi connectivity index (χ1) is 11.6. The number of rotatable bonds is 5. The van der Waals surface area contributed by atoms with E-state index in [0.717, 1.165) is 11.3 Å². The summed E-state index contributed by atoms with van der Waals surface area (Å²) in [4.78, 5) is 13.8. The number of amides is 1. The zero-order chi connectivity index (χ0) is 17.1. The summed E-state index contributed by atoms with van der Waals surface area (Å²) in [6.45, 7) is 4.03. The molecule has 0 unspecified atom stereocenters. The topological polar surface area (TPSA) is 87.3 Å². The molecule has 1 aromatic carbocycles. The summed E-state index contributed by atoms with van der Waals surface area (Å²) in [6, 6.07) is 6.99. The molecule has 122 valence electrons. The maximum atomic E-state index is 12.3. The van der Waals surface area contributed by atoms with Crippen LogP contribution >= 0.6 is 0 Å². The largest absolute Gasteiger partial charge is 0.491 e. The second-order valence-corrected chi connectivity index (χ2v) is 5.62. The van der Waals surface area contributed by atoms with Crippen molar-refractivity contribution >= 4 is 17.8 Å². The number of hydrogen-bond donors (Lipinski definition) is 0. The van der Waals surface area contributed by atoms with Gasteiger partial charge in [-0.3, -0.25) is 4.79 Å². The molecule has 0 saturated carbocycles. The maximum Gasteiger partial charge on any atom is 0.264 e. The van der Waals surface area contributed by atoms with Gasteiger partial charge in [-0.05, 0) is 26.0 Å². The Labute approximate surface area is 139 Å². The molecule has 0 aromatic heterocycles. The average Bonchev–Trinajstić information content (AvgIpc) is 3.13. The summed E-state index contributed by atoms with van der Waals surface area (Å²) in [5.74, 6) is 0.705. The van der Waals surface area contributed by atoms with E-state index in [-0.39, 0.29) is 18.6 Å². The van der Waals surface area contributed by atoms with Crippen LogP contribution in [0.1, 0.15) is 19.4 Å². The highest BCUT2D eigenvalue weighted by Gasteiger charge is 2.26. The molecule has 2 aliphatic rings. The zero-order valence-corrected chi connectivity index (χ0v) is 13.4. The number of nitriles is 1. The van der Waals surface area contributed by atoms with Crippen molar-refractivity contribution in [1.82, 2.24) is 4.90 Å². The number of carbonyl (C=O) groups is 1. The third kappa shape index (κ3) is 3.27. The number of fused-ring (bicyclic) bond motifs is 1. The molecule has 24 heavy (non-hydrogen) atoms. The van der Waals surface area contributed by atoms with Gasteiger partial charge in [0.05, 0.1) is 30.1 Å². The molecule has 7 heteroatoms. The van der Waals surface area contributed by atoms with Gasteiger partial charge in [-0.1, -0.05) is 0 Å². The van der Waals surface area contributed by atoms with E-state index in [9.17, 15) is 10.1 Å². The van der Waals surface area contributed by atoms with Crippen LogP contribution in [0.4, 0.5) is 0 Å². The first kappa shape index (κ1) is 15.7. The highest BCUT2D eigenvalue weighted by Crippen LogP contribution is 2.25. The van der Waals surface area contributed by atoms with Crippen molar-refractivity contribution in [3.63, 3.8) is 0 Å². The second kappa shape index (κ2) is 6.54. The molecular formula is C17H16N4O3. The summed E-state index contributed by atoms with van der Waals surface area (Å²) < 4.78 is 11.1. The fraction of sp³-hybridized carbons (Fsp3) is 0.294. The normalized spacial score (nSPS) is 15.0. The standard InChI is InChI=1S/C17H16N4O3/c1-11(2)24-14-4-3-12(6-18)16(5-14)23-10-17(22)21-8-13-7-19-20-15(13)9-21/h3-5,7-8,11H,9-10H2,1-2H3. The van der Waals surface area contributed by atoms with E-state index in [4.69, 9.17) is 9.47 Å². The minimum Gasteiger partial charge on any atom is -0.491 e. The van der Waals surface area contributed by atoms with E-state index >= 15 is 0 Å². The van der Waals surface area contributed by atoms with Crippen molar-refractivity contribution in [1.29, 1.82) is 5.26 Å². The van der Waals surface area contributed by atoms with Crippen LogP contribution in [0.2, 0.25) is 0 Å². The SMILES string of the molecule is CC(C)Oc1ccc(C#N)c(OCC(=O)N2C=C3C=NN=C3C2)c1. The minimum atomic E-state index is -0.216. The molecule has 3 rings (SSSR count). The van der Waals surface area contributed by atoms with Gasteiger partial charge in [0.15, 0.2) is 6.61 Å². The Morgan fingerprint density at radius 3 is 3.00 bits per heavy atom. The summed E-state index contributed by atoms with van der Waals surface area (Å²) in [5, 5.41) is 16.9. The lowest BCUT2D eigenvalue weighted by Gasteiger charge is -2.15. The fourth-order valence-electron chi connectivity index (χ4n) is 2.34. The van der Waals surface area contributed by atoms with Crippen molar-refractivity contribution in [3.8, 4) is 17.6 Å². The van der Waals surface area contributed by atoms with Gasteiger partial charge in [0.25, 0.3) is 5.91 Å². The molecule has 0 atom stereocenters. The van der Waals surface area contributed by atoms with E-state index in [1.165, 1.54) is 4.90 Å². The van der Waals surface area contributed by atoms with Gasteiger partial charge >= 0.3 is 0 Å². The predicted octanol–water partition coefficient (Wildman–Crippen LogP) is 1.89. The number of nitrogens with zero attached hydrogens (tertiary/aromatic N) is 4. The van der Waals surface area contributed by atoms with Crippen LogP contribution in [0.15, 0.2) is 40.2 Å². The van der Waals surface area contributed by atoms with Gasteiger partial charge in [-0.25, -0.2) is 0 Å². The Bertz CT molecular complexity index is 803. The van der Waals surface area contributed by atoms with Crippen molar-refractivity contribution < 1.29 is 14.3 Å². The Hall–Kier alpha value is -3.14. The van der Waals surface area contributed by atoms with E-state index in [1.807, 2.05) is 19.9 Å². The molecule has 1 amide bonds. The Balaban J connectivity index is 1.66. The van der Waals surface area contributed by atoms with Crippen LogP contribution in [0.5, 0.6) is 11.5 Å². The van der Waals surface area contributed by atoms with E-state index < -0.39 is 0 Å². The number of ether oxygens (including phenoxy) is 2. The summed E-state index contributed by atoms with van der Waals surface area (Å²) in [7, 11) is 0. The Morgan fingerprint density at radius 2 is 2.29 bits per heavy atom. The highest BCUT2D eigenvalue weighted by atomic mass is 16.5. The Kier molecular flexibility index (Phi) is 4.29. The second-order valence-electron chi connectivity index (χ2n) is 5.62. The molecule has 0 bridgehead atoms. The Morgan fingerprint density at radius 1 is 1.46 bits per heavy atom. The molecule has 0 radical (unpaired) electrons. The summed E-state index contributed by atoms with van der Waals surface area (Å²) >= 11 is 0. The van der Waals surface area contributed by atoms with Crippen molar-refractivity contribution in [3.05, 3.63) is 35.5 Å². The first-order valence-corrected chi connectivity index (χ1v) is 7.52. The van der Waals surface area contributed by atoms with Crippen molar-refractivity contribution in [2.24, 2.45) is 10.2 Å². The van der Waals surface area contributed by atoms with Gasteiger partial charge in [-0.2, -0.15) is 15.5 Å². The number of carbonyl (C=O) groups excluding carboxylic acids is 1. The highest BCUT2D eigenvalue weighted by molar-refractivity contribution is 6.21. The predicted molar refractivity (Wildman–Crippen MR) is 88.1 cm³/mol. The smallest absolute Gasteiger partial charge is 0.264 e. The molecular weight excluding hydrogens is 308 g/mol. The molecule has 0 fully saturated rings. The van der Waals surface area contributed by atoms with Crippen LogP contribution in [-0.2, 0) is 4.79 Å². The monoisotopic (exact) mass is 324 g/mol. The van der Waals surface area contributed by atoms with E-state index in [2.05, 4.69) is 10.2 Å². The molecule has 7 nitrogen and oxygen atoms in total. The zero-order valence-electron chi connectivity index (χ0n) is 13.4. The van der Waals surface area contributed by atoms with Crippen LogP contribution in [0.3, 0.4) is 0 Å². The van der Waals surface area contributed by atoms with E-state index in [1.54, 1.807) is 30.6 Å². The third-order valence-corrected chi connectivity index (χ3v) is 3.44. The van der Waals surface area contributed by atoms with E-state index in [0.29, 0.717) is 23.6 Å². The van der Waals surface area contributed by atoms with Crippen LogP contribution < -0.4 is 9.47 Å². The number of hydrogen-bond acceptors (Lipinski definition) is 6. The van der Waals surface area contributed by atoms with Gasteiger partial charge < -0.3 is 14.4 Å². The molecule has 0 aliphatic carbocycles. The van der Waals surface area contributed by atoms with Crippen LogP contribution in [0, 0.1) is 11.3 Å². The quantitative estimate of drug-likeness (QED) is 0.827. The third-order valence-electron chi connectivity index (χ3n) is 3.44. The molecule has 0 spiro atoms. The van der Waals surface area contributed by atoms with Crippen LogP contribution in [0.25, 0.3) is 0 Å². The molecule has 0 N–H and O–H groups in total. The summed E-state index contributed by atoms with van der Waals surface area (Å²) in [6.07, 6.45) is 3.32. The van der Waals surface area contributed by atoms with Gasteiger partial charge in [0.1, 0.15) is 17.6 Å². The summed E-state index contributed by atoms with van der Waals surface area (Å²) in [5.41, 5.74) is 1.97. The van der Waals surface area contributed by atoms with Crippen LogP contribution in [-0.4, -0.2) is 42.0 Å². The van der Waals surface area contributed by atoms with Gasteiger partial charge in [0, 0.05) is 17.8 Å². The molecule has 1 aromatic rings.